The van der Waals surface area contributed by atoms with Crippen molar-refractivity contribution >= 4 is 5.82 Å². The molecule has 1 aromatic rings. The van der Waals surface area contributed by atoms with Crippen LogP contribution >= 0.6 is 0 Å². The third-order valence-electron chi connectivity index (χ3n) is 2.71. The van der Waals surface area contributed by atoms with Gasteiger partial charge < -0.3 is 15.1 Å². The summed E-state index contributed by atoms with van der Waals surface area (Å²) in [6.07, 6.45) is 3.31. The molecule has 0 aliphatic carbocycles. The van der Waals surface area contributed by atoms with Crippen LogP contribution in [0.1, 0.15) is 18.4 Å². The van der Waals surface area contributed by atoms with Gasteiger partial charge in [-0.05, 0) is 30.5 Å². The molecule has 2 N–H and O–H groups in total. The summed E-state index contributed by atoms with van der Waals surface area (Å²) in [4.78, 5) is 6.31. The number of aromatic nitrogens is 1. The van der Waals surface area contributed by atoms with Gasteiger partial charge in [0.1, 0.15) is 5.82 Å². The van der Waals surface area contributed by atoms with Crippen LogP contribution in [0.5, 0.6) is 0 Å². The number of piperidine rings is 1. The predicted molar refractivity (Wildman–Crippen MR) is 57.6 cm³/mol. The normalized spacial score (nSPS) is 21.7. The highest BCUT2D eigenvalue weighted by atomic mass is 16.3. The molecule has 1 atom stereocenters. The lowest BCUT2D eigenvalue weighted by Crippen LogP contribution is -2.38. The van der Waals surface area contributed by atoms with Crippen molar-refractivity contribution in [2.75, 3.05) is 18.0 Å². The van der Waals surface area contributed by atoms with Crippen molar-refractivity contribution in [1.82, 2.24) is 4.98 Å². The molecule has 1 aliphatic heterocycles. The Labute approximate surface area is 89.2 Å². The van der Waals surface area contributed by atoms with E-state index in [0.717, 1.165) is 30.8 Å². The van der Waals surface area contributed by atoms with Crippen LogP contribution in [0.25, 0.3) is 0 Å². The zero-order chi connectivity index (χ0) is 10.7. The molecule has 0 saturated carbocycles. The lowest BCUT2D eigenvalue weighted by molar-refractivity contribution is 0.154. The van der Waals surface area contributed by atoms with Crippen LogP contribution in [0, 0.1) is 0 Å². The zero-order valence-electron chi connectivity index (χ0n) is 8.63. The molecule has 2 heterocycles. The Morgan fingerprint density at radius 1 is 1.53 bits per heavy atom. The number of β-amino-alcohol motifs (C(OH)–C–C–N with tert-alkyl or cyclic N) is 1. The minimum atomic E-state index is -0.252. The van der Waals surface area contributed by atoms with E-state index in [9.17, 15) is 5.11 Å². The minimum absolute atomic E-state index is 0.0336. The van der Waals surface area contributed by atoms with Crippen molar-refractivity contribution in [1.29, 1.82) is 0 Å². The summed E-state index contributed by atoms with van der Waals surface area (Å²) in [6, 6.07) is 3.67. The number of aliphatic hydroxyl groups excluding tert-OH is 2. The number of aliphatic hydroxyl groups is 2. The van der Waals surface area contributed by atoms with E-state index in [1.807, 2.05) is 6.07 Å². The van der Waals surface area contributed by atoms with E-state index in [0.29, 0.717) is 6.54 Å². The molecular formula is C11H16N2O2. The summed E-state index contributed by atoms with van der Waals surface area (Å²) in [5.41, 5.74) is 0.861. The standard InChI is InChI=1S/C11H16N2O2/c14-8-9-3-4-12-11(6-9)13-5-1-2-10(15)7-13/h3-4,6,10,14-15H,1-2,5,7-8H2. The second-order valence-corrected chi connectivity index (χ2v) is 3.92. The fourth-order valence-electron chi connectivity index (χ4n) is 1.89. The number of nitrogens with zero attached hydrogens (tertiary/aromatic N) is 2. The number of rotatable bonds is 2. The second kappa shape index (κ2) is 4.59. The summed E-state index contributed by atoms with van der Waals surface area (Å²) in [5, 5.41) is 18.6. The van der Waals surface area contributed by atoms with Crippen LogP contribution in [-0.4, -0.2) is 34.4 Å². The van der Waals surface area contributed by atoms with Gasteiger partial charge in [-0.2, -0.15) is 0 Å². The zero-order valence-corrected chi connectivity index (χ0v) is 8.63. The maximum absolute atomic E-state index is 9.55. The average Bonchev–Trinajstić information content (AvgIpc) is 2.29. The van der Waals surface area contributed by atoms with Gasteiger partial charge in [0.15, 0.2) is 0 Å². The highest BCUT2D eigenvalue weighted by molar-refractivity contribution is 5.41. The molecule has 2 rings (SSSR count). The summed E-state index contributed by atoms with van der Waals surface area (Å²) in [5.74, 6) is 0.848. The first kappa shape index (κ1) is 10.4. The van der Waals surface area contributed by atoms with Crippen molar-refractivity contribution < 1.29 is 10.2 Å². The SMILES string of the molecule is OCc1ccnc(N2CCCC(O)C2)c1. The van der Waals surface area contributed by atoms with Gasteiger partial charge in [0.2, 0.25) is 0 Å². The Kier molecular flexibility index (Phi) is 3.18. The summed E-state index contributed by atoms with van der Waals surface area (Å²) in [7, 11) is 0. The largest absolute Gasteiger partial charge is 0.392 e. The van der Waals surface area contributed by atoms with E-state index in [2.05, 4.69) is 9.88 Å². The van der Waals surface area contributed by atoms with E-state index in [4.69, 9.17) is 5.11 Å². The maximum atomic E-state index is 9.55. The molecule has 4 nitrogen and oxygen atoms in total. The van der Waals surface area contributed by atoms with Gasteiger partial charge in [-0.25, -0.2) is 4.98 Å². The summed E-state index contributed by atoms with van der Waals surface area (Å²) >= 11 is 0. The topological polar surface area (TPSA) is 56.6 Å². The molecule has 0 radical (unpaired) electrons. The molecule has 1 unspecified atom stereocenters. The van der Waals surface area contributed by atoms with E-state index < -0.39 is 0 Å². The van der Waals surface area contributed by atoms with E-state index >= 15 is 0 Å². The van der Waals surface area contributed by atoms with E-state index in [1.54, 1.807) is 12.3 Å². The molecule has 1 saturated heterocycles. The van der Waals surface area contributed by atoms with Crippen LogP contribution < -0.4 is 4.90 Å². The predicted octanol–water partition coefficient (Wildman–Crippen LogP) is 0.535. The highest BCUT2D eigenvalue weighted by Crippen LogP contribution is 2.18. The van der Waals surface area contributed by atoms with Crippen molar-refractivity contribution in [3.8, 4) is 0 Å². The van der Waals surface area contributed by atoms with Crippen LogP contribution in [-0.2, 0) is 6.61 Å². The Hall–Kier alpha value is -1.13. The Balaban J connectivity index is 2.13. The lowest BCUT2D eigenvalue weighted by atomic mass is 10.1. The first-order valence-electron chi connectivity index (χ1n) is 5.28. The molecule has 1 fully saturated rings. The Morgan fingerprint density at radius 3 is 3.13 bits per heavy atom. The molecule has 1 aliphatic rings. The van der Waals surface area contributed by atoms with Crippen LogP contribution in [0.3, 0.4) is 0 Å². The van der Waals surface area contributed by atoms with Crippen molar-refractivity contribution in [3.63, 3.8) is 0 Å². The van der Waals surface area contributed by atoms with Gasteiger partial charge >= 0.3 is 0 Å². The van der Waals surface area contributed by atoms with Gasteiger partial charge in [-0.1, -0.05) is 0 Å². The quantitative estimate of drug-likeness (QED) is 0.744. The lowest BCUT2D eigenvalue weighted by Gasteiger charge is -2.31. The van der Waals surface area contributed by atoms with Crippen molar-refractivity contribution in [2.24, 2.45) is 0 Å². The molecular weight excluding hydrogens is 192 g/mol. The fourth-order valence-corrected chi connectivity index (χ4v) is 1.89. The number of anilines is 1. The van der Waals surface area contributed by atoms with Crippen LogP contribution in [0.15, 0.2) is 18.3 Å². The third kappa shape index (κ3) is 2.46. The van der Waals surface area contributed by atoms with Gasteiger partial charge in [-0.15, -0.1) is 0 Å². The molecule has 0 amide bonds. The first-order valence-corrected chi connectivity index (χ1v) is 5.28. The number of hydrogen-bond acceptors (Lipinski definition) is 4. The average molecular weight is 208 g/mol. The van der Waals surface area contributed by atoms with Crippen molar-refractivity contribution in [2.45, 2.75) is 25.6 Å². The van der Waals surface area contributed by atoms with Gasteiger partial charge in [-0.3, -0.25) is 0 Å². The summed E-state index contributed by atoms with van der Waals surface area (Å²) in [6.45, 7) is 1.60. The second-order valence-electron chi connectivity index (χ2n) is 3.92. The Bertz CT molecular complexity index is 330. The van der Waals surface area contributed by atoms with Gasteiger partial charge in [0.25, 0.3) is 0 Å². The van der Waals surface area contributed by atoms with E-state index in [1.165, 1.54) is 0 Å². The van der Waals surface area contributed by atoms with Crippen LogP contribution in [0.4, 0.5) is 5.82 Å². The van der Waals surface area contributed by atoms with Crippen LogP contribution in [0.2, 0.25) is 0 Å². The molecule has 15 heavy (non-hydrogen) atoms. The molecule has 82 valence electrons. The molecule has 1 aromatic heterocycles. The maximum Gasteiger partial charge on any atom is 0.128 e. The molecule has 0 aromatic carbocycles. The summed E-state index contributed by atoms with van der Waals surface area (Å²) < 4.78 is 0. The third-order valence-corrected chi connectivity index (χ3v) is 2.71. The van der Waals surface area contributed by atoms with Crippen molar-refractivity contribution in [3.05, 3.63) is 23.9 Å². The van der Waals surface area contributed by atoms with Gasteiger partial charge in [0, 0.05) is 19.3 Å². The first-order chi connectivity index (χ1) is 7.29. The molecule has 0 spiro atoms. The monoisotopic (exact) mass is 208 g/mol. The molecule has 4 heteroatoms. The fraction of sp³-hybridized carbons (Fsp3) is 0.545. The highest BCUT2D eigenvalue weighted by Gasteiger charge is 2.18. The smallest absolute Gasteiger partial charge is 0.128 e. The number of hydrogen-bond donors (Lipinski definition) is 2. The van der Waals surface area contributed by atoms with E-state index in [-0.39, 0.29) is 12.7 Å². The minimum Gasteiger partial charge on any atom is -0.392 e. The molecule has 0 bridgehead atoms. The Morgan fingerprint density at radius 2 is 2.40 bits per heavy atom. The number of pyridine rings is 1. The van der Waals surface area contributed by atoms with Gasteiger partial charge in [0.05, 0.1) is 12.7 Å².